The fourth-order valence-electron chi connectivity index (χ4n) is 3.60. The van der Waals surface area contributed by atoms with Gasteiger partial charge in [0.05, 0.1) is 21.3 Å². The third-order valence-corrected chi connectivity index (χ3v) is 4.95. The molecule has 9 heteroatoms. The van der Waals surface area contributed by atoms with Crippen LogP contribution in [0.15, 0.2) is 30.3 Å². The molecule has 0 aliphatic carbocycles. The number of halogens is 3. The fraction of sp³-hybridized carbons (Fsp3) is 0.364. The molecule has 0 saturated carbocycles. The zero-order chi connectivity index (χ0) is 22.6. The maximum atomic E-state index is 12.7. The van der Waals surface area contributed by atoms with Crippen LogP contribution < -0.4 is 24.7 Å². The van der Waals surface area contributed by atoms with E-state index >= 15 is 0 Å². The van der Waals surface area contributed by atoms with Crippen molar-refractivity contribution in [1.82, 2.24) is 4.98 Å². The Morgan fingerprint density at radius 2 is 1.61 bits per heavy atom. The first-order chi connectivity index (χ1) is 14.8. The second-order valence-electron chi connectivity index (χ2n) is 6.89. The van der Waals surface area contributed by atoms with E-state index in [0.717, 1.165) is 29.7 Å². The number of alkyl halides is 3. The molecular formula is C22H25F3N2O4. The summed E-state index contributed by atoms with van der Waals surface area (Å²) in [7, 11) is 4.56. The minimum atomic E-state index is -4.76. The number of ether oxygens (including phenoxy) is 4. The van der Waals surface area contributed by atoms with Crippen LogP contribution in [0, 0.1) is 0 Å². The van der Waals surface area contributed by atoms with Gasteiger partial charge in [0, 0.05) is 22.2 Å². The Kier molecular flexibility index (Phi) is 6.84. The number of benzene rings is 2. The van der Waals surface area contributed by atoms with Crippen molar-refractivity contribution in [2.45, 2.75) is 25.6 Å². The molecule has 3 aromatic rings. The van der Waals surface area contributed by atoms with E-state index < -0.39 is 6.36 Å². The van der Waals surface area contributed by atoms with Crippen LogP contribution in [-0.2, 0) is 6.42 Å². The van der Waals surface area contributed by atoms with Gasteiger partial charge in [0.15, 0.2) is 11.5 Å². The first-order valence-corrected chi connectivity index (χ1v) is 9.72. The number of hydrogen-bond acceptors (Lipinski definition) is 5. The third kappa shape index (κ3) is 4.99. The summed E-state index contributed by atoms with van der Waals surface area (Å²) in [5, 5.41) is 0.655. The molecule has 2 aromatic carbocycles. The Morgan fingerprint density at radius 1 is 0.935 bits per heavy atom. The van der Waals surface area contributed by atoms with Gasteiger partial charge >= 0.3 is 6.36 Å². The quantitative estimate of drug-likeness (QED) is 0.458. The van der Waals surface area contributed by atoms with Crippen molar-refractivity contribution in [2.24, 2.45) is 5.73 Å². The van der Waals surface area contributed by atoms with Crippen molar-refractivity contribution in [3.63, 3.8) is 0 Å². The number of methoxy groups -OCH3 is 3. The van der Waals surface area contributed by atoms with Gasteiger partial charge in [-0.2, -0.15) is 0 Å². The molecule has 0 fully saturated rings. The summed E-state index contributed by atoms with van der Waals surface area (Å²) in [6, 6.07) is 7.86. The third-order valence-electron chi connectivity index (χ3n) is 4.95. The van der Waals surface area contributed by atoms with Crippen molar-refractivity contribution in [3.05, 3.63) is 35.9 Å². The van der Waals surface area contributed by atoms with E-state index in [4.69, 9.17) is 19.9 Å². The molecule has 1 aromatic heterocycles. The summed E-state index contributed by atoms with van der Waals surface area (Å²) >= 11 is 0. The van der Waals surface area contributed by atoms with Gasteiger partial charge in [-0.15, -0.1) is 13.2 Å². The topological polar surface area (TPSA) is 78.7 Å². The van der Waals surface area contributed by atoms with E-state index in [1.54, 1.807) is 18.2 Å². The largest absolute Gasteiger partial charge is 0.573 e. The molecular weight excluding hydrogens is 413 g/mol. The standard InChI is InChI=1S/C22H25F3N2O4/c1-28-18-10-13(11-19(29-2)21(18)30-3)20-15(6-4-5-9-26)16-12-14(31-22(23,24)25)7-8-17(16)27-20/h7-8,10-12,27H,4-6,9,26H2,1-3H3. The highest BCUT2D eigenvalue weighted by Crippen LogP contribution is 2.43. The number of nitrogens with two attached hydrogens (primary N) is 1. The molecule has 0 spiro atoms. The Labute approximate surface area is 178 Å². The molecule has 0 atom stereocenters. The van der Waals surface area contributed by atoms with Gasteiger partial charge in [-0.3, -0.25) is 0 Å². The summed E-state index contributed by atoms with van der Waals surface area (Å²) in [4.78, 5) is 3.32. The molecule has 168 valence electrons. The summed E-state index contributed by atoms with van der Waals surface area (Å²) in [6.45, 7) is 0.532. The molecule has 6 nitrogen and oxygen atoms in total. The van der Waals surface area contributed by atoms with Crippen LogP contribution in [0.1, 0.15) is 18.4 Å². The average molecular weight is 438 g/mol. The average Bonchev–Trinajstić information content (AvgIpc) is 3.09. The molecule has 0 unspecified atom stereocenters. The van der Waals surface area contributed by atoms with Gasteiger partial charge in [-0.05, 0) is 61.7 Å². The molecule has 0 bridgehead atoms. The zero-order valence-electron chi connectivity index (χ0n) is 17.6. The van der Waals surface area contributed by atoms with Gasteiger partial charge in [-0.1, -0.05) is 0 Å². The van der Waals surface area contributed by atoms with E-state index in [1.165, 1.54) is 33.5 Å². The van der Waals surface area contributed by atoms with Crippen LogP contribution in [0.25, 0.3) is 22.2 Å². The number of hydrogen-bond donors (Lipinski definition) is 2. The molecule has 0 amide bonds. The van der Waals surface area contributed by atoms with Crippen molar-refractivity contribution >= 4 is 10.9 Å². The van der Waals surface area contributed by atoms with Crippen molar-refractivity contribution in [3.8, 4) is 34.3 Å². The van der Waals surface area contributed by atoms with Crippen LogP contribution in [-0.4, -0.2) is 39.2 Å². The SMILES string of the molecule is COc1cc(-c2[nH]c3ccc(OC(F)(F)F)cc3c2CCCCN)cc(OC)c1OC. The Hall–Kier alpha value is -3.07. The molecule has 0 saturated heterocycles. The van der Waals surface area contributed by atoms with Gasteiger partial charge < -0.3 is 29.7 Å². The molecule has 0 aliphatic rings. The highest BCUT2D eigenvalue weighted by molar-refractivity contribution is 5.92. The predicted molar refractivity (Wildman–Crippen MR) is 112 cm³/mol. The minimum Gasteiger partial charge on any atom is -0.493 e. The number of aromatic nitrogens is 1. The lowest BCUT2D eigenvalue weighted by molar-refractivity contribution is -0.274. The maximum absolute atomic E-state index is 12.7. The smallest absolute Gasteiger partial charge is 0.493 e. The van der Waals surface area contributed by atoms with Crippen molar-refractivity contribution < 1.29 is 32.1 Å². The summed E-state index contributed by atoms with van der Waals surface area (Å²) in [6.07, 6.45) is -2.56. The Morgan fingerprint density at radius 3 is 2.16 bits per heavy atom. The highest BCUT2D eigenvalue weighted by atomic mass is 19.4. The van der Waals surface area contributed by atoms with Crippen LogP contribution in [0.3, 0.4) is 0 Å². The van der Waals surface area contributed by atoms with E-state index in [2.05, 4.69) is 9.72 Å². The molecule has 3 N–H and O–H groups in total. The second-order valence-corrected chi connectivity index (χ2v) is 6.89. The number of fused-ring (bicyclic) bond motifs is 1. The van der Waals surface area contributed by atoms with Gasteiger partial charge in [0.1, 0.15) is 5.75 Å². The monoisotopic (exact) mass is 438 g/mol. The lowest BCUT2D eigenvalue weighted by Gasteiger charge is -2.14. The van der Waals surface area contributed by atoms with Gasteiger partial charge in [0.2, 0.25) is 5.75 Å². The van der Waals surface area contributed by atoms with Crippen LogP contribution in [0.5, 0.6) is 23.0 Å². The number of unbranched alkanes of at least 4 members (excludes halogenated alkanes) is 1. The van der Waals surface area contributed by atoms with Crippen LogP contribution in [0.2, 0.25) is 0 Å². The first kappa shape index (κ1) is 22.6. The lowest BCUT2D eigenvalue weighted by Crippen LogP contribution is -2.16. The fourth-order valence-corrected chi connectivity index (χ4v) is 3.60. The zero-order valence-corrected chi connectivity index (χ0v) is 17.6. The highest BCUT2D eigenvalue weighted by Gasteiger charge is 2.31. The number of aromatic amines is 1. The molecule has 1 heterocycles. The molecule has 0 aliphatic heterocycles. The Balaban J connectivity index is 2.18. The second kappa shape index (κ2) is 9.38. The maximum Gasteiger partial charge on any atom is 0.573 e. The Bertz CT molecular complexity index is 1020. The van der Waals surface area contributed by atoms with E-state index in [1.807, 2.05) is 0 Å². The van der Waals surface area contributed by atoms with Crippen molar-refractivity contribution in [1.29, 1.82) is 0 Å². The lowest BCUT2D eigenvalue weighted by atomic mass is 9.99. The predicted octanol–water partition coefficient (Wildman–Crippen LogP) is 5.04. The van der Waals surface area contributed by atoms with Crippen LogP contribution in [0.4, 0.5) is 13.2 Å². The van der Waals surface area contributed by atoms with Gasteiger partial charge in [-0.25, -0.2) is 0 Å². The summed E-state index contributed by atoms with van der Waals surface area (Å²) in [5.74, 6) is 1.14. The number of rotatable bonds is 9. The van der Waals surface area contributed by atoms with Gasteiger partial charge in [0.25, 0.3) is 0 Å². The number of H-pyrrole nitrogens is 1. The van der Waals surface area contributed by atoms with E-state index in [-0.39, 0.29) is 5.75 Å². The number of nitrogens with one attached hydrogen (secondary N) is 1. The summed E-state index contributed by atoms with van der Waals surface area (Å²) in [5.41, 5.74) is 8.71. The normalized spacial score (nSPS) is 11.6. The minimum absolute atomic E-state index is 0.268. The van der Waals surface area contributed by atoms with Crippen LogP contribution >= 0.6 is 0 Å². The molecule has 31 heavy (non-hydrogen) atoms. The van der Waals surface area contributed by atoms with E-state index in [0.29, 0.717) is 41.1 Å². The first-order valence-electron chi connectivity index (χ1n) is 9.72. The number of aryl methyl sites for hydroxylation is 1. The van der Waals surface area contributed by atoms with Crippen molar-refractivity contribution in [2.75, 3.05) is 27.9 Å². The summed E-state index contributed by atoms with van der Waals surface area (Å²) < 4.78 is 58.5. The molecule has 0 radical (unpaired) electrons. The molecule has 3 rings (SSSR count). The van der Waals surface area contributed by atoms with E-state index in [9.17, 15) is 13.2 Å².